The van der Waals surface area contributed by atoms with Crippen molar-refractivity contribution in [1.29, 1.82) is 0 Å². The monoisotopic (exact) mass is 358 g/mol. The van der Waals surface area contributed by atoms with Gasteiger partial charge < -0.3 is 10.2 Å². The van der Waals surface area contributed by atoms with Gasteiger partial charge in [-0.2, -0.15) is 13.2 Å². The van der Waals surface area contributed by atoms with Gasteiger partial charge in [-0.15, -0.1) is 0 Å². The first-order valence-corrected chi connectivity index (χ1v) is 8.06. The molecular formula is C16H21F3N4O2. The smallest absolute Gasteiger partial charge is 0.347 e. The molecule has 2 amide bonds. The predicted octanol–water partition coefficient (Wildman–Crippen LogP) is 2.27. The lowest BCUT2D eigenvalue weighted by Gasteiger charge is -2.40. The Bertz CT molecular complexity index is 649. The molecule has 2 heterocycles. The highest BCUT2D eigenvalue weighted by molar-refractivity contribution is 5.95. The number of amides is 2. The maximum atomic E-state index is 13.1. The van der Waals surface area contributed by atoms with Gasteiger partial charge in [0, 0.05) is 25.7 Å². The molecule has 0 aromatic carbocycles. The molecule has 138 valence electrons. The maximum absolute atomic E-state index is 13.1. The highest BCUT2D eigenvalue weighted by atomic mass is 19.4. The molecule has 0 bridgehead atoms. The average Bonchev–Trinajstić information content (AvgIpc) is 2.53. The van der Waals surface area contributed by atoms with E-state index in [9.17, 15) is 22.8 Å². The van der Waals surface area contributed by atoms with Gasteiger partial charge in [-0.25, -0.2) is 9.97 Å². The van der Waals surface area contributed by atoms with E-state index in [2.05, 4.69) is 15.3 Å². The van der Waals surface area contributed by atoms with E-state index < -0.39 is 30.1 Å². The molecule has 1 aliphatic heterocycles. The van der Waals surface area contributed by atoms with E-state index in [0.29, 0.717) is 11.3 Å². The van der Waals surface area contributed by atoms with Crippen molar-refractivity contribution in [3.63, 3.8) is 0 Å². The lowest BCUT2D eigenvalue weighted by atomic mass is 9.97. The zero-order valence-corrected chi connectivity index (χ0v) is 14.3. The van der Waals surface area contributed by atoms with Crippen LogP contribution in [0.1, 0.15) is 55.6 Å². The minimum Gasteiger partial charge on any atom is -0.347 e. The third kappa shape index (κ3) is 4.46. The van der Waals surface area contributed by atoms with E-state index in [4.69, 9.17) is 0 Å². The van der Waals surface area contributed by atoms with Crippen LogP contribution in [0.5, 0.6) is 0 Å². The first-order chi connectivity index (χ1) is 11.6. The number of aromatic nitrogens is 2. The van der Waals surface area contributed by atoms with Gasteiger partial charge in [-0.05, 0) is 18.8 Å². The number of halogens is 3. The van der Waals surface area contributed by atoms with Crippen molar-refractivity contribution in [3.8, 4) is 0 Å². The molecule has 0 saturated carbocycles. The summed E-state index contributed by atoms with van der Waals surface area (Å²) in [5.74, 6) is -1.10. The molecule has 1 fully saturated rings. The molecule has 2 rings (SSSR count). The predicted molar refractivity (Wildman–Crippen MR) is 83.8 cm³/mol. The van der Waals surface area contributed by atoms with Crippen LogP contribution in [0, 0.1) is 0 Å². The first-order valence-electron chi connectivity index (χ1n) is 8.06. The zero-order chi connectivity index (χ0) is 18.8. The summed E-state index contributed by atoms with van der Waals surface area (Å²) >= 11 is 0. The van der Waals surface area contributed by atoms with E-state index in [-0.39, 0.29) is 25.3 Å². The molecule has 0 radical (unpaired) electrons. The Kier molecular flexibility index (Phi) is 5.64. The largest absolute Gasteiger partial charge is 0.408 e. The standard InChI is InChI=1S/C16H21F3N4O2/c1-9(2)14-12(6-20-8-21-14)15(25)22-11-4-5-13(16(17,18)19)23(7-11)10(3)24/h6,8-9,11,13H,4-5,7H2,1-3H3,(H,22,25)/t11-,13-/m1/s1. The van der Waals surface area contributed by atoms with Crippen molar-refractivity contribution in [2.24, 2.45) is 0 Å². The van der Waals surface area contributed by atoms with E-state index in [1.807, 2.05) is 13.8 Å². The summed E-state index contributed by atoms with van der Waals surface area (Å²) in [5, 5.41) is 2.71. The Morgan fingerprint density at radius 1 is 1.32 bits per heavy atom. The molecule has 1 aromatic rings. The number of piperidine rings is 1. The molecule has 1 saturated heterocycles. The number of likely N-dealkylation sites (tertiary alicyclic amines) is 1. The van der Waals surface area contributed by atoms with Crippen LogP contribution in [0.2, 0.25) is 0 Å². The van der Waals surface area contributed by atoms with Crippen LogP contribution >= 0.6 is 0 Å². The first kappa shape index (κ1) is 19.1. The number of carbonyl (C=O) groups excluding carboxylic acids is 2. The van der Waals surface area contributed by atoms with Crippen LogP contribution in [0.15, 0.2) is 12.5 Å². The molecule has 6 nitrogen and oxygen atoms in total. The van der Waals surface area contributed by atoms with Gasteiger partial charge in [-0.1, -0.05) is 13.8 Å². The summed E-state index contributed by atoms with van der Waals surface area (Å²) in [7, 11) is 0. The Morgan fingerprint density at radius 2 is 2.00 bits per heavy atom. The molecule has 1 aromatic heterocycles. The van der Waals surface area contributed by atoms with Crippen molar-refractivity contribution in [1.82, 2.24) is 20.2 Å². The van der Waals surface area contributed by atoms with E-state index in [1.165, 1.54) is 12.5 Å². The molecule has 0 aliphatic carbocycles. The highest BCUT2D eigenvalue weighted by Crippen LogP contribution is 2.32. The Balaban J connectivity index is 2.12. The topological polar surface area (TPSA) is 75.2 Å². The van der Waals surface area contributed by atoms with Crippen molar-refractivity contribution < 1.29 is 22.8 Å². The molecule has 0 spiro atoms. The second kappa shape index (κ2) is 7.37. The summed E-state index contributed by atoms with van der Waals surface area (Å²) in [6.45, 7) is 4.69. The number of nitrogens with one attached hydrogen (secondary N) is 1. The summed E-state index contributed by atoms with van der Waals surface area (Å²) in [4.78, 5) is 32.8. The quantitative estimate of drug-likeness (QED) is 0.899. The van der Waals surface area contributed by atoms with Gasteiger partial charge in [0.1, 0.15) is 12.4 Å². The summed E-state index contributed by atoms with van der Waals surface area (Å²) in [5.41, 5.74) is 0.865. The fraction of sp³-hybridized carbons (Fsp3) is 0.625. The van der Waals surface area contributed by atoms with Crippen LogP contribution in [0.25, 0.3) is 0 Å². The van der Waals surface area contributed by atoms with E-state index in [0.717, 1.165) is 11.8 Å². The average molecular weight is 358 g/mol. The van der Waals surface area contributed by atoms with Gasteiger partial charge in [0.05, 0.1) is 11.3 Å². The van der Waals surface area contributed by atoms with Crippen molar-refractivity contribution in [3.05, 3.63) is 23.8 Å². The number of alkyl halides is 3. The van der Waals surface area contributed by atoms with Gasteiger partial charge in [0.15, 0.2) is 0 Å². The van der Waals surface area contributed by atoms with Gasteiger partial charge >= 0.3 is 6.18 Å². The number of carbonyl (C=O) groups is 2. The van der Waals surface area contributed by atoms with Crippen molar-refractivity contribution >= 4 is 11.8 Å². The molecule has 9 heteroatoms. The van der Waals surface area contributed by atoms with Crippen LogP contribution in [0.4, 0.5) is 13.2 Å². The minimum atomic E-state index is -4.47. The summed E-state index contributed by atoms with van der Waals surface area (Å²) in [6.07, 6.45) is -1.83. The van der Waals surface area contributed by atoms with Gasteiger partial charge in [0.2, 0.25) is 5.91 Å². The fourth-order valence-corrected chi connectivity index (χ4v) is 3.01. The zero-order valence-electron chi connectivity index (χ0n) is 14.3. The van der Waals surface area contributed by atoms with Crippen LogP contribution in [-0.4, -0.2) is 51.5 Å². The molecular weight excluding hydrogens is 337 g/mol. The van der Waals surface area contributed by atoms with Crippen molar-refractivity contribution in [2.45, 2.75) is 57.8 Å². The molecule has 2 atom stereocenters. The Hall–Kier alpha value is -2.19. The molecule has 25 heavy (non-hydrogen) atoms. The Labute approximate surface area is 143 Å². The number of hydrogen-bond donors (Lipinski definition) is 1. The lowest BCUT2D eigenvalue weighted by Crippen LogP contribution is -2.57. The second-order valence-corrected chi connectivity index (χ2v) is 6.45. The van der Waals surface area contributed by atoms with Crippen LogP contribution < -0.4 is 5.32 Å². The highest BCUT2D eigenvalue weighted by Gasteiger charge is 2.47. The number of nitrogens with zero attached hydrogens (tertiary/aromatic N) is 3. The van der Waals surface area contributed by atoms with Gasteiger partial charge in [0.25, 0.3) is 5.91 Å². The van der Waals surface area contributed by atoms with Gasteiger partial charge in [-0.3, -0.25) is 9.59 Å². The maximum Gasteiger partial charge on any atom is 0.408 e. The lowest BCUT2D eigenvalue weighted by molar-refractivity contribution is -0.196. The number of rotatable bonds is 3. The van der Waals surface area contributed by atoms with Crippen LogP contribution in [-0.2, 0) is 4.79 Å². The normalized spacial score (nSPS) is 21.3. The molecule has 1 N–H and O–H groups in total. The van der Waals surface area contributed by atoms with Crippen molar-refractivity contribution in [2.75, 3.05) is 6.54 Å². The fourth-order valence-electron chi connectivity index (χ4n) is 3.01. The Morgan fingerprint density at radius 3 is 2.56 bits per heavy atom. The minimum absolute atomic E-state index is 0.00145. The third-order valence-corrected chi connectivity index (χ3v) is 4.23. The van der Waals surface area contributed by atoms with E-state index >= 15 is 0 Å². The molecule has 1 aliphatic rings. The summed E-state index contributed by atoms with van der Waals surface area (Å²) in [6, 6.07) is -2.35. The van der Waals surface area contributed by atoms with Crippen LogP contribution in [0.3, 0.4) is 0 Å². The van der Waals surface area contributed by atoms with E-state index in [1.54, 1.807) is 0 Å². The summed E-state index contributed by atoms with van der Waals surface area (Å²) < 4.78 is 39.2. The molecule has 0 unspecified atom stereocenters. The second-order valence-electron chi connectivity index (χ2n) is 6.45. The third-order valence-electron chi connectivity index (χ3n) is 4.23. The SMILES string of the molecule is CC(=O)N1C[C@H](NC(=O)c2cncnc2C(C)C)CC[C@@H]1C(F)(F)F. The number of hydrogen-bond acceptors (Lipinski definition) is 4.